The van der Waals surface area contributed by atoms with Crippen molar-refractivity contribution in [3.63, 3.8) is 0 Å². The van der Waals surface area contributed by atoms with Gasteiger partial charge in [-0.2, -0.15) is 0 Å². The Balaban J connectivity index is 2.23. The Bertz CT molecular complexity index is 344. The van der Waals surface area contributed by atoms with Crippen molar-refractivity contribution in [1.82, 2.24) is 10.2 Å². The highest BCUT2D eigenvalue weighted by Crippen LogP contribution is 2.15. The van der Waals surface area contributed by atoms with E-state index in [4.69, 9.17) is 9.84 Å². The van der Waals surface area contributed by atoms with Gasteiger partial charge in [0.25, 0.3) is 0 Å². The largest absolute Gasteiger partial charge is 0.480 e. The summed E-state index contributed by atoms with van der Waals surface area (Å²) in [5.74, 6) is -0.654. The fourth-order valence-corrected chi connectivity index (χ4v) is 2.36. The molecule has 0 aliphatic carbocycles. The molecule has 0 amide bonds. The zero-order valence-electron chi connectivity index (χ0n) is 12.0. The Hall–Kier alpha value is -1.40. The van der Waals surface area contributed by atoms with Crippen LogP contribution in [0.2, 0.25) is 0 Å². The third-order valence-corrected chi connectivity index (χ3v) is 3.22. The summed E-state index contributed by atoms with van der Waals surface area (Å²) in [7, 11) is 0. The number of hydrogen-bond donors (Lipinski definition) is 2. The number of likely N-dealkylation sites (tertiary alicyclic amines) is 1. The fourth-order valence-electron chi connectivity index (χ4n) is 2.36. The molecule has 20 heavy (non-hydrogen) atoms. The lowest BCUT2D eigenvalue weighted by Gasteiger charge is -2.32. The van der Waals surface area contributed by atoms with Crippen LogP contribution in [0, 0.1) is 5.92 Å². The molecule has 1 heterocycles. The standard InChI is InChI=1S/C14H24N2O4/c1-2-20-14(19)6-4-8-16-7-3-5-12(11-16)9-15-10-13(17)18/h4,6,12,15H,2-3,5,7-11H2,1H3,(H,17,18)/b6-4+. The summed E-state index contributed by atoms with van der Waals surface area (Å²) in [5, 5.41) is 11.5. The molecule has 1 rings (SSSR count). The van der Waals surface area contributed by atoms with Crippen molar-refractivity contribution in [2.24, 2.45) is 5.92 Å². The second-order valence-electron chi connectivity index (χ2n) is 4.95. The van der Waals surface area contributed by atoms with E-state index in [-0.39, 0.29) is 12.5 Å². The lowest BCUT2D eigenvalue weighted by Crippen LogP contribution is -2.40. The normalized spacial score (nSPS) is 20.1. The van der Waals surface area contributed by atoms with Gasteiger partial charge in [-0.1, -0.05) is 6.08 Å². The van der Waals surface area contributed by atoms with E-state index in [1.165, 1.54) is 6.08 Å². The van der Waals surface area contributed by atoms with Crippen LogP contribution >= 0.6 is 0 Å². The predicted molar refractivity (Wildman–Crippen MR) is 75.4 cm³/mol. The van der Waals surface area contributed by atoms with Crippen LogP contribution in [0.1, 0.15) is 19.8 Å². The molecule has 0 aromatic rings. The number of carbonyl (C=O) groups is 2. The van der Waals surface area contributed by atoms with E-state index in [2.05, 4.69) is 10.2 Å². The summed E-state index contributed by atoms with van der Waals surface area (Å²) >= 11 is 0. The van der Waals surface area contributed by atoms with Gasteiger partial charge in [0.05, 0.1) is 13.2 Å². The molecule has 114 valence electrons. The van der Waals surface area contributed by atoms with Crippen LogP contribution < -0.4 is 5.32 Å². The van der Waals surface area contributed by atoms with Crippen LogP contribution in [-0.2, 0) is 14.3 Å². The monoisotopic (exact) mass is 284 g/mol. The van der Waals surface area contributed by atoms with Gasteiger partial charge in [0, 0.05) is 19.2 Å². The van der Waals surface area contributed by atoms with E-state index in [1.54, 1.807) is 6.92 Å². The number of nitrogens with one attached hydrogen (secondary N) is 1. The van der Waals surface area contributed by atoms with Gasteiger partial charge in [-0.3, -0.25) is 9.69 Å². The Morgan fingerprint density at radius 2 is 2.30 bits per heavy atom. The van der Waals surface area contributed by atoms with E-state index < -0.39 is 5.97 Å². The molecule has 1 aliphatic heterocycles. The van der Waals surface area contributed by atoms with Crippen LogP contribution in [0.4, 0.5) is 0 Å². The average Bonchev–Trinajstić information content (AvgIpc) is 2.39. The maximum Gasteiger partial charge on any atom is 0.330 e. The van der Waals surface area contributed by atoms with Crippen LogP contribution in [0.3, 0.4) is 0 Å². The van der Waals surface area contributed by atoms with Crippen molar-refractivity contribution >= 4 is 11.9 Å². The number of ether oxygens (including phenoxy) is 1. The highest BCUT2D eigenvalue weighted by atomic mass is 16.5. The molecule has 1 saturated heterocycles. The first-order chi connectivity index (χ1) is 9.61. The lowest BCUT2D eigenvalue weighted by atomic mass is 9.98. The lowest BCUT2D eigenvalue weighted by molar-refractivity contribution is -0.137. The van der Waals surface area contributed by atoms with E-state index in [0.29, 0.717) is 12.5 Å². The Morgan fingerprint density at radius 3 is 3.00 bits per heavy atom. The Labute approximate surface area is 119 Å². The highest BCUT2D eigenvalue weighted by Gasteiger charge is 2.18. The molecule has 1 fully saturated rings. The van der Waals surface area contributed by atoms with Gasteiger partial charge < -0.3 is 15.2 Å². The van der Waals surface area contributed by atoms with Crippen molar-refractivity contribution in [3.05, 3.63) is 12.2 Å². The van der Waals surface area contributed by atoms with E-state index >= 15 is 0 Å². The first-order valence-electron chi connectivity index (χ1n) is 7.10. The van der Waals surface area contributed by atoms with Crippen LogP contribution in [0.15, 0.2) is 12.2 Å². The minimum atomic E-state index is -0.824. The Morgan fingerprint density at radius 1 is 1.50 bits per heavy atom. The summed E-state index contributed by atoms with van der Waals surface area (Å²) in [6.45, 7) is 5.59. The van der Waals surface area contributed by atoms with Gasteiger partial charge in [0.15, 0.2) is 0 Å². The smallest absolute Gasteiger partial charge is 0.330 e. The van der Waals surface area contributed by atoms with E-state index in [9.17, 15) is 9.59 Å². The Kier molecular flexibility index (Phi) is 7.91. The highest BCUT2D eigenvalue weighted by molar-refractivity contribution is 5.81. The minimum absolute atomic E-state index is 0.0132. The molecule has 0 bridgehead atoms. The first-order valence-corrected chi connectivity index (χ1v) is 7.10. The summed E-state index contributed by atoms with van der Waals surface area (Å²) in [6, 6.07) is 0. The van der Waals surface area contributed by atoms with Crippen molar-refractivity contribution in [2.45, 2.75) is 19.8 Å². The first kappa shape index (κ1) is 16.7. The summed E-state index contributed by atoms with van der Waals surface area (Å²) in [4.78, 5) is 23.9. The molecule has 0 aromatic heterocycles. The van der Waals surface area contributed by atoms with Crippen molar-refractivity contribution in [1.29, 1.82) is 0 Å². The maximum atomic E-state index is 11.2. The quantitative estimate of drug-likeness (QED) is 0.499. The van der Waals surface area contributed by atoms with Gasteiger partial charge in [-0.25, -0.2) is 4.79 Å². The topological polar surface area (TPSA) is 78.9 Å². The van der Waals surface area contributed by atoms with E-state index in [1.807, 2.05) is 6.08 Å². The molecule has 0 saturated carbocycles. The second-order valence-corrected chi connectivity index (χ2v) is 4.95. The van der Waals surface area contributed by atoms with Crippen LogP contribution in [0.5, 0.6) is 0 Å². The molecule has 1 unspecified atom stereocenters. The minimum Gasteiger partial charge on any atom is -0.480 e. The molecule has 0 radical (unpaired) electrons. The molecule has 2 N–H and O–H groups in total. The zero-order valence-corrected chi connectivity index (χ0v) is 12.0. The number of carboxylic acids is 1. The SMILES string of the molecule is CCOC(=O)/C=C/CN1CCCC(CNCC(=O)O)C1. The van der Waals surface area contributed by atoms with Gasteiger partial charge in [0.2, 0.25) is 0 Å². The third kappa shape index (κ3) is 7.25. The summed E-state index contributed by atoms with van der Waals surface area (Å²) in [5.41, 5.74) is 0. The predicted octanol–water partition coefficient (Wildman–Crippen LogP) is 0.492. The number of nitrogens with zero attached hydrogens (tertiary/aromatic N) is 1. The van der Waals surface area contributed by atoms with Crippen LogP contribution in [-0.4, -0.2) is 61.3 Å². The molecule has 0 spiro atoms. The van der Waals surface area contributed by atoms with Crippen molar-refractivity contribution in [2.75, 3.05) is 39.3 Å². The molecule has 6 heteroatoms. The van der Waals surface area contributed by atoms with Crippen molar-refractivity contribution in [3.8, 4) is 0 Å². The third-order valence-electron chi connectivity index (χ3n) is 3.22. The molecular weight excluding hydrogens is 260 g/mol. The van der Waals surface area contributed by atoms with Gasteiger partial charge in [0.1, 0.15) is 0 Å². The number of aliphatic carboxylic acids is 1. The molecule has 0 aromatic carbocycles. The number of piperidine rings is 1. The second kappa shape index (κ2) is 9.50. The summed E-state index contributed by atoms with van der Waals surface area (Å²) in [6.07, 6.45) is 5.51. The molecular formula is C14H24N2O4. The molecule has 6 nitrogen and oxygen atoms in total. The van der Waals surface area contributed by atoms with Crippen molar-refractivity contribution < 1.29 is 19.4 Å². The summed E-state index contributed by atoms with van der Waals surface area (Å²) < 4.78 is 4.82. The van der Waals surface area contributed by atoms with Crippen LogP contribution in [0.25, 0.3) is 0 Å². The number of carboxylic acid groups (broad SMARTS) is 1. The number of rotatable bonds is 8. The zero-order chi connectivity index (χ0) is 14.8. The van der Waals surface area contributed by atoms with Gasteiger partial charge in [-0.15, -0.1) is 0 Å². The molecule has 1 aliphatic rings. The van der Waals surface area contributed by atoms with Gasteiger partial charge >= 0.3 is 11.9 Å². The maximum absolute atomic E-state index is 11.2. The number of esters is 1. The number of carbonyl (C=O) groups excluding carboxylic acids is 1. The molecule has 1 atom stereocenters. The fraction of sp³-hybridized carbons (Fsp3) is 0.714. The number of hydrogen-bond acceptors (Lipinski definition) is 5. The van der Waals surface area contributed by atoms with Gasteiger partial charge in [-0.05, 0) is 38.8 Å². The average molecular weight is 284 g/mol. The van der Waals surface area contributed by atoms with E-state index in [0.717, 1.165) is 39.0 Å².